The predicted octanol–water partition coefficient (Wildman–Crippen LogP) is 9.02. The Morgan fingerprint density at radius 2 is 1.04 bits per heavy atom. The number of carbonyl (C=O) groups excluding carboxylic acids is 2. The van der Waals surface area contributed by atoms with E-state index < -0.39 is 11.9 Å². The average molecular weight is 685 g/mol. The number of ether oxygens (including phenoxy) is 2. The molecule has 0 aliphatic rings. The summed E-state index contributed by atoms with van der Waals surface area (Å²) in [6, 6.07) is 38.9. The van der Waals surface area contributed by atoms with Gasteiger partial charge in [-0.05, 0) is 118 Å². The number of hydrogen-bond acceptors (Lipinski definition) is 6. The fourth-order valence-electron chi connectivity index (χ4n) is 5.07. The third-order valence-corrected chi connectivity index (χ3v) is 7.80. The summed E-state index contributed by atoms with van der Waals surface area (Å²) in [5.41, 5.74) is 6.78. The van der Waals surface area contributed by atoms with Crippen LogP contribution in [0.25, 0.3) is 43.8 Å². The summed E-state index contributed by atoms with van der Waals surface area (Å²) in [5.74, 6) is 11.2. The Labute approximate surface area is 303 Å². The van der Waals surface area contributed by atoms with Crippen LogP contribution in [0, 0.1) is 23.7 Å². The molecule has 52 heavy (non-hydrogen) atoms. The van der Waals surface area contributed by atoms with E-state index in [2.05, 4.69) is 49.0 Å². The van der Waals surface area contributed by atoms with Gasteiger partial charge >= 0.3 is 11.9 Å². The van der Waals surface area contributed by atoms with Gasteiger partial charge in [0.05, 0.1) is 0 Å². The zero-order valence-corrected chi connectivity index (χ0v) is 28.9. The number of benzene rings is 6. The number of carbonyl (C=O) groups is 2. The second-order valence-corrected chi connectivity index (χ2v) is 11.9. The molecular formula is C46H36O6. The molecule has 0 atom stereocenters. The van der Waals surface area contributed by atoms with Crippen LogP contribution in [0.1, 0.15) is 25.0 Å². The molecule has 0 aliphatic heterocycles. The van der Waals surface area contributed by atoms with Crippen molar-refractivity contribution in [2.75, 3.05) is 13.2 Å². The lowest BCUT2D eigenvalue weighted by molar-refractivity contribution is -0.137. The molecule has 6 rings (SSSR count). The minimum absolute atomic E-state index is 0.0296. The van der Waals surface area contributed by atoms with Gasteiger partial charge in [0, 0.05) is 22.3 Å². The van der Waals surface area contributed by atoms with Crippen LogP contribution >= 0.6 is 0 Å². The Morgan fingerprint density at radius 1 is 0.577 bits per heavy atom. The molecule has 6 heteroatoms. The lowest BCUT2D eigenvalue weighted by atomic mass is 10.0. The molecule has 0 fully saturated rings. The maximum Gasteiger partial charge on any atom is 0.338 e. The second kappa shape index (κ2) is 17.2. The van der Waals surface area contributed by atoms with E-state index in [9.17, 15) is 14.7 Å². The first-order valence-corrected chi connectivity index (χ1v) is 16.4. The van der Waals surface area contributed by atoms with E-state index in [1.165, 1.54) is 0 Å². The number of aromatic hydroxyl groups is 1. The smallest absolute Gasteiger partial charge is 0.338 e. The maximum atomic E-state index is 11.7. The molecule has 6 aromatic carbocycles. The predicted molar refractivity (Wildman–Crippen MR) is 207 cm³/mol. The van der Waals surface area contributed by atoms with Crippen molar-refractivity contribution in [3.63, 3.8) is 0 Å². The molecule has 0 aliphatic carbocycles. The first-order chi connectivity index (χ1) is 25.1. The zero-order valence-electron chi connectivity index (χ0n) is 28.9. The van der Waals surface area contributed by atoms with Crippen LogP contribution in [0.3, 0.4) is 0 Å². The van der Waals surface area contributed by atoms with Gasteiger partial charge in [-0.1, -0.05) is 97.5 Å². The molecule has 0 aromatic heterocycles. The Balaban J connectivity index is 0.000000216. The van der Waals surface area contributed by atoms with E-state index in [4.69, 9.17) is 14.6 Å². The molecule has 6 nitrogen and oxygen atoms in total. The van der Waals surface area contributed by atoms with Gasteiger partial charge in [-0.25, -0.2) is 9.59 Å². The Kier molecular flexibility index (Phi) is 12.0. The normalized spacial score (nSPS) is 10.1. The van der Waals surface area contributed by atoms with Gasteiger partial charge in [0.1, 0.15) is 18.1 Å². The summed E-state index contributed by atoms with van der Waals surface area (Å²) in [7, 11) is 0. The average Bonchev–Trinajstić information content (AvgIpc) is 3.15. The summed E-state index contributed by atoms with van der Waals surface area (Å²) in [6.07, 6.45) is 0. The number of fused-ring (bicyclic) bond motifs is 2. The van der Waals surface area contributed by atoms with Crippen LogP contribution in [0.5, 0.6) is 11.5 Å². The zero-order chi connectivity index (χ0) is 37.0. The van der Waals surface area contributed by atoms with Crippen molar-refractivity contribution in [3.8, 4) is 57.4 Å². The fourth-order valence-corrected chi connectivity index (χ4v) is 5.07. The van der Waals surface area contributed by atoms with Crippen molar-refractivity contribution < 1.29 is 29.3 Å². The molecule has 0 spiro atoms. The maximum absolute atomic E-state index is 11.7. The van der Waals surface area contributed by atoms with Gasteiger partial charge in [-0.15, -0.1) is 0 Å². The summed E-state index contributed by atoms with van der Waals surface area (Å²) in [4.78, 5) is 23.0. The summed E-state index contributed by atoms with van der Waals surface area (Å²) in [6.45, 7) is 10.2. The highest BCUT2D eigenvalue weighted by molar-refractivity contribution is 5.92. The Hall–Kier alpha value is -6.86. The number of phenolic OH excluding ortho intramolecular Hbond substituents is 1. The van der Waals surface area contributed by atoms with Crippen LogP contribution in [-0.4, -0.2) is 35.4 Å². The van der Waals surface area contributed by atoms with E-state index in [1.807, 2.05) is 91.0 Å². The highest BCUT2D eigenvalue weighted by atomic mass is 16.5. The van der Waals surface area contributed by atoms with Crippen molar-refractivity contribution in [1.82, 2.24) is 0 Å². The molecule has 256 valence electrons. The molecule has 0 amide bonds. The number of aliphatic hydroxyl groups is 1. The van der Waals surface area contributed by atoms with E-state index in [0.717, 1.165) is 54.9 Å². The van der Waals surface area contributed by atoms with Gasteiger partial charge in [0.15, 0.2) is 6.61 Å². The number of aliphatic hydroxyl groups excluding tert-OH is 1. The Bertz CT molecular complexity index is 2410. The standard InChI is InChI=1S/C27H22O4.C19H14O2/c1-18(2)26(28)30-15-5-6-20-7-9-21(10-8-20)22-11-12-24-17-25(14-13-23(24)16-22)31-27(29)19(3)4;20-11-1-2-14-3-5-15(6-4-14)16-7-8-18-13-19(21)10-9-17(18)12-16/h7-14,16-17H,1,3,15H2,2,4H3;3-10,12-13,20-21H,11H2. The van der Waals surface area contributed by atoms with Crippen LogP contribution in [0.2, 0.25) is 0 Å². The van der Waals surface area contributed by atoms with Gasteiger partial charge in [-0.3, -0.25) is 0 Å². The number of rotatable bonds is 6. The van der Waals surface area contributed by atoms with Gasteiger partial charge < -0.3 is 19.7 Å². The van der Waals surface area contributed by atoms with E-state index >= 15 is 0 Å². The molecule has 0 heterocycles. The summed E-state index contributed by atoms with van der Waals surface area (Å²) < 4.78 is 10.2. The number of esters is 2. The molecular weight excluding hydrogens is 649 g/mol. The third kappa shape index (κ3) is 9.86. The van der Waals surface area contributed by atoms with Gasteiger partial charge in [0.25, 0.3) is 0 Å². The van der Waals surface area contributed by atoms with Crippen molar-refractivity contribution in [3.05, 3.63) is 157 Å². The first kappa shape index (κ1) is 36.4. The van der Waals surface area contributed by atoms with Crippen molar-refractivity contribution >= 4 is 33.5 Å². The lowest BCUT2D eigenvalue weighted by Crippen LogP contribution is -2.07. The summed E-state index contributed by atoms with van der Waals surface area (Å²) >= 11 is 0. The second-order valence-electron chi connectivity index (χ2n) is 11.9. The SMILES string of the molecule is C=C(C)C(=O)OCC#Cc1ccc(-c2ccc3cc(OC(=O)C(=C)C)ccc3c2)cc1.OCC#Cc1ccc(-c2ccc3cc(O)ccc3c2)cc1. The topological polar surface area (TPSA) is 93.1 Å². The monoisotopic (exact) mass is 684 g/mol. The number of phenols is 1. The van der Waals surface area contributed by atoms with Crippen LogP contribution in [-0.2, 0) is 14.3 Å². The molecule has 6 aromatic rings. The number of hydrogen-bond donors (Lipinski definition) is 2. The van der Waals surface area contributed by atoms with Gasteiger partial charge in [-0.2, -0.15) is 0 Å². The largest absolute Gasteiger partial charge is 0.508 e. The van der Waals surface area contributed by atoms with E-state index in [0.29, 0.717) is 16.9 Å². The quantitative estimate of drug-likeness (QED) is 0.0788. The third-order valence-electron chi connectivity index (χ3n) is 7.80. The molecule has 0 radical (unpaired) electrons. The Morgan fingerprint density at radius 3 is 1.58 bits per heavy atom. The molecule has 0 unspecified atom stereocenters. The lowest BCUT2D eigenvalue weighted by Gasteiger charge is -2.07. The van der Waals surface area contributed by atoms with Crippen molar-refractivity contribution in [2.45, 2.75) is 13.8 Å². The van der Waals surface area contributed by atoms with Crippen molar-refractivity contribution in [2.24, 2.45) is 0 Å². The minimum atomic E-state index is -0.443. The molecule has 0 bridgehead atoms. The van der Waals surface area contributed by atoms with E-state index in [-0.39, 0.29) is 19.0 Å². The van der Waals surface area contributed by atoms with Crippen LogP contribution in [0.15, 0.2) is 146 Å². The molecule has 0 saturated carbocycles. The fraction of sp³-hybridized carbons (Fsp3) is 0.0870. The molecule has 0 saturated heterocycles. The van der Waals surface area contributed by atoms with Crippen molar-refractivity contribution in [1.29, 1.82) is 0 Å². The van der Waals surface area contributed by atoms with E-state index in [1.54, 1.807) is 32.0 Å². The highest BCUT2D eigenvalue weighted by Crippen LogP contribution is 2.29. The van der Waals surface area contributed by atoms with Crippen LogP contribution < -0.4 is 4.74 Å². The van der Waals surface area contributed by atoms with Crippen LogP contribution in [0.4, 0.5) is 0 Å². The van der Waals surface area contributed by atoms with Gasteiger partial charge in [0.2, 0.25) is 0 Å². The minimum Gasteiger partial charge on any atom is -0.508 e. The highest BCUT2D eigenvalue weighted by Gasteiger charge is 2.07. The molecule has 2 N–H and O–H groups in total. The summed E-state index contributed by atoms with van der Waals surface area (Å²) in [5, 5.41) is 22.3. The first-order valence-electron chi connectivity index (χ1n) is 16.4.